The second-order valence-electron chi connectivity index (χ2n) is 5.58. The number of furan rings is 1. The highest BCUT2D eigenvalue weighted by Crippen LogP contribution is 2.17. The predicted molar refractivity (Wildman–Crippen MR) is 120 cm³/mol. The van der Waals surface area contributed by atoms with Crippen LogP contribution in [0.2, 0.25) is 0 Å². The lowest BCUT2D eigenvalue weighted by atomic mass is 10.3. The summed E-state index contributed by atoms with van der Waals surface area (Å²) in [6.07, 6.45) is 5.07. The molecule has 0 bridgehead atoms. The molecule has 0 aliphatic carbocycles. The fourth-order valence-corrected chi connectivity index (χ4v) is 2.23. The first-order chi connectivity index (χ1) is 12.8. The molecule has 0 aliphatic heterocycles. The molecule has 0 atom stereocenters. The third-order valence-electron chi connectivity index (χ3n) is 3.48. The zero-order valence-corrected chi connectivity index (χ0v) is 18.0. The first kappa shape index (κ1) is 23.0. The van der Waals surface area contributed by atoms with Gasteiger partial charge in [0.1, 0.15) is 11.5 Å². The van der Waals surface area contributed by atoms with Gasteiger partial charge in [-0.05, 0) is 24.3 Å². The van der Waals surface area contributed by atoms with E-state index in [0.29, 0.717) is 32.3 Å². The van der Waals surface area contributed by atoms with E-state index >= 15 is 0 Å². The molecule has 2 aromatic rings. The molecule has 0 fully saturated rings. The van der Waals surface area contributed by atoms with Crippen molar-refractivity contribution in [2.24, 2.45) is 4.99 Å². The van der Waals surface area contributed by atoms with Crippen LogP contribution in [0.5, 0.6) is 5.75 Å². The van der Waals surface area contributed by atoms with Crippen molar-refractivity contribution in [3.8, 4) is 5.75 Å². The maximum absolute atomic E-state index is 5.73. The van der Waals surface area contributed by atoms with Crippen molar-refractivity contribution < 1.29 is 13.9 Å². The summed E-state index contributed by atoms with van der Waals surface area (Å²) in [6, 6.07) is 11.6. The van der Waals surface area contributed by atoms with Gasteiger partial charge in [0.05, 0.1) is 12.9 Å². The number of nitrogens with zero attached hydrogens (tertiary/aromatic N) is 1. The number of ether oxygens (including phenoxy) is 2. The molecule has 0 unspecified atom stereocenters. The van der Waals surface area contributed by atoms with Gasteiger partial charge in [0, 0.05) is 51.4 Å². The summed E-state index contributed by atoms with van der Waals surface area (Å²) in [5, 5.41) is 6.50. The third-order valence-corrected chi connectivity index (χ3v) is 3.48. The third kappa shape index (κ3) is 9.48. The van der Waals surface area contributed by atoms with Gasteiger partial charge in [-0.1, -0.05) is 12.1 Å². The average molecular weight is 485 g/mol. The summed E-state index contributed by atoms with van der Waals surface area (Å²) in [4.78, 5) is 4.58. The van der Waals surface area contributed by atoms with Gasteiger partial charge in [0.25, 0.3) is 0 Å². The summed E-state index contributed by atoms with van der Waals surface area (Å²) < 4.78 is 16.1. The molecule has 2 N–H and O–H groups in total. The average Bonchev–Trinajstić information content (AvgIpc) is 3.17. The second kappa shape index (κ2) is 14.1. The zero-order chi connectivity index (χ0) is 18.5. The van der Waals surface area contributed by atoms with Crippen molar-refractivity contribution >= 4 is 35.6 Å². The number of hydrogen-bond donors (Lipinski definition) is 2. The van der Waals surface area contributed by atoms with E-state index in [0.717, 1.165) is 30.0 Å². The first-order valence-electron chi connectivity index (χ1n) is 8.72. The molecule has 0 saturated carbocycles. The molecule has 2 rings (SSSR count). The van der Waals surface area contributed by atoms with Crippen molar-refractivity contribution in [2.45, 2.75) is 12.8 Å². The minimum absolute atomic E-state index is 0. The van der Waals surface area contributed by atoms with Gasteiger partial charge in [-0.2, -0.15) is 0 Å². The van der Waals surface area contributed by atoms with E-state index in [4.69, 9.17) is 13.9 Å². The van der Waals surface area contributed by atoms with Gasteiger partial charge in [0.15, 0.2) is 5.96 Å². The van der Waals surface area contributed by atoms with E-state index in [1.165, 1.54) is 0 Å². The van der Waals surface area contributed by atoms with Crippen LogP contribution in [-0.4, -0.2) is 39.4 Å². The number of anilines is 1. The summed E-state index contributed by atoms with van der Waals surface area (Å²) in [5.41, 5.74) is 0.905. The molecule has 7 heteroatoms. The molecule has 0 amide bonds. The van der Waals surface area contributed by atoms with Crippen LogP contribution in [0.25, 0.3) is 0 Å². The van der Waals surface area contributed by atoms with Crippen molar-refractivity contribution in [1.82, 2.24) is 5.32 Å². The van der Waals surface area contributed by atoms with Gasteiger partial charge >= 0.3 is 0 Å². The smallest absolute Gasteiger partial charge is 0.196 e. The Morgan fingerprint density at radius 2 is 2.15 bits per heavy atom. The maximum Gasteiger partial charge on any atom is 0.196 e. The molecule has 1 heterocycles. The molecule has 27 heavy (non-hydrogen) atoms. The van der Waals surface area contributed by atoms with Crippen LogP contribution >= 0.6 is 24.0 Å². The second-order valence-corrected chi connectivity index (χ2v) is 5.58. The van der Waals surface area contributed by atoms with Crippen molar-refractivity contribution in [2.75, 3.05) is 38.7 Å². The molecule has 1 aromatic heterocycles. The molecular weight excluding hydrogens is 457 g/mol. The van der Waals surface area contributed by atoms with E-state index in [2.05, 4.69) is 22.2 Å². The first-order valence-corrected chi connectivity index (χ1v) is 8.72. The van der Waals surface area contributed by atoms with Gasteiger partial charge in [-0.15, -0.1) is 30.6 Å². The summed E-state index contributed by atoms with van der Waals surface area (Å²) in [5.74, 6) is 2.42. The maximum atomic E-state index is 5.73. The number of guanidine groups is 1. The summed E-state index contributed by atoms with van der Waals surface area (Å²) in [6.45, 7) is 6.29. The monoisotopic (exact) mass is 485 g/mol. The van der Waals surface area contributed by atoms with Gasteiger partial charge < -0.3 is 24.5 Å². The molecule has 0 spiro atoms. The molecule has 1 aromatic carbocycles. The fourth-order valence-electron chi connectivity index (χ4n) is 2.23. The van der Waals surface area contributed by atoms with Crippen molar-refractivity contribution in [3.05, 3.63) is 61.1 Å². The number of aliphatic imine (C=N–C) groups is 1. The number of benzene rings is 1. The molecule has 0 aliphatic rings. The van der Waals surface area contributed by atoms with Crippen LogP contribution in [0.4, 0.5) is 5.69 Å². The van der Waals surface area contributed by atoms with Crippen LogP contribution in [0.15, 0.2) is 64.7 Å². The van der Waals surface area contributed by atoms with Crippen LogP contribution in [-0.2, 0) is 11.2 Å². The lowest BCUT2D eigenvalue weighted by Crippen LogP contribution is -2.31. The molecule has 6 nitrogen and oxygen atoms in total. The Hall–Kier alpha value is -2.00. The Labute approximate surface area is 178 Å². The molecule has 0 saturated heterocycles. The van der Waals surface area contributed by atoms with Crippen molar-refractivity contribution in [3.63, 3.8) is 0 Å². The van der Waals surface area contributed by atoms with Crippen LogP contribution < -0.4 is 15.4 Å². The lowest BCUT2D eigenvalue weighted by Gasteiger charge is -2.13. The quantitative estimate of drug-likeness (QED) is 0.165. The number of rotatable bonds is 11. The molecule has 0 radical (unpaired) electrons. The Bertz CT molecular complexity index is 675. The normalized spacial score (nSPS) is 10.8. The minimum Gasteiger partial charge on any atom is -0.493 e. The number of nitrogens with one attached hydrogen (secondary N) is 2. The highest BCUT2D eigenvalue weighted by molar-refractivity contribution is 14.0. The Morgan fingerprint density at radius 3 is 2.89 bits per heavy atom. The number of halogens is 1. The predicted octanol–water partition coefficient (Wildman–Crippen LogP) is 4.10. The molecular formula is C20H28IN3O3. The Morgan fingerprint density at radius 1 is 1.26 bits per heavy atom. The lowest BCUT2D eigenvalue weighted by molar-refractivity contribution is 0.172. The standard InChI is InChI=1S/C20H27N3O3.HI/c1-3-11-21-20(22-12-10-18-9-5-14-25-18)23-17-7-4-8-19(16-17)26-15-6-13-24-2;/h3-5,7-9,14,16H,1,6,10-13,15H2,2H3,(H2,21,22,23);1H. The van der Waals surface area contributed by atoms with E-state index < -0.39 is 0 Å². The van der Waals surface area contributed by atoms with Crippen LogP contribution in [0.3, 0.4) is 0 Å². The van der Waals surface area contributed by atoms with E-state index in [1.807, 2.05) is 36.4 Å². The largest absolute Gasteiger partial charge is 0.493 e. The fraction of sp³-hybridized carbons (Fsp3) is 0.350. The highest BCUT2D eigenvalue weighted by Gasteiger charge is 2.02. The van der Waals surface area contributed by atoms with Gasteiger partial charge in [0.2, 0.25) is 0 Å². The topological polar surface area (TPSA) is 68.0 Å². The van der Waals surface area contributed by atoms with Gasteiger partial charge in [-0.3, -0.25) is 4.99 Å². The summed E-state index contributed by atoms with van der Waals surface area (Å²) >= 11 is 0. The van der Waals surface area contributed by atoms with E-state index in [1.54, 1.807) is 19.4 Å². The summed E-state index contributed by atoms with van der Waals surface area (Å²) in [7, 11) is 1.69. The van der Waals surface area contributed by atoms with Gasteiger partial charge in [-0.25, -0.2) is 0 Å². The highest BCUT2D eigenvalue weighted by atomic mass is 127. The SMILES string of the molecule is C=CCNC(=NCCc1ccco1)Nc1cccc(OCCCOC)c1.I. The van der Waals surface area contributed by atoms with E-state index in [9.17, 15) is 0 Å². The zero-order valence-electron chi connectivity index (χ0n) is 15.6. The van der Waals surface area contributed by atoms with E-state index in [-0.39, 0.29) is 24.0 Å². The van der Waals surface area contributed by atoms with Crippen LogP contribution in [0, 0.1) is 0 Å². The number of methoxy groups -OCH3 is 1. The Kier molecular flexibility index (Phi) is 12.0. The number of hydrogen-bond acceptors (Lipinski definition) is 4. The van der Waals surface area contributed by atoms with Crippen LogP contribution in [0.1, 0.15) is 12.2 Å². The minimum atomic E-state index is 0. The Balaban J connectivity index is 0.00000364. The molecule has 148 valence electrons. The van der Waals surface area contributed by atoms with Crippen molar-refractivity contribution in [1.29, 1.82) is 0 Å².